The number of aliphatic hydroxyl groups is 2. The number of rotatable bonds is 7. The van der Waals surface area contributed by atoms with E-state index in [1.807, 2.05) is 26.0 Å². The predicted molar refractivity (Wildman–Crippen MR) is 112 cm³/mol. The summed E-state index contributed by atoms with van der Waals surface area (Å²) >= 11 is 0. The number of amides is 1. The number of ether oxygens (including phenoxy) is 1. The first-order valence-electron chi connectivity index (χ1n) is 10.1. The third kappa shape index (κ3) is 4.65. The summed E-state index contributed by atoms with van der Waals surface area (Å²) in [6.45, 7) is 7.64. The number of hydrogen-bond acceptors (Lipinski definition) is 5. The summed E-state index contributed by atoms with van der Waals surface area (Å²) in [4.78, 5) is 11.9. The molecular weight excluding hydrogens is 370 g/mol. The number of nitrogens with one attached hydrogen (secondary N) is 1. The Morgan fingerprint density at radius 1 is 1.45 bits per heavy atom. The maximum atomic E-state index is 11.9. The number of carbonyl (C=O) groups is 1. The standard InChI is InChI=1S/C23H31NO5/c1-14(7-8-19(26)22(2,3)28)6-5-10-23(4)11-9-15-18(25)12-16-17(20(15)29-23)13-24-21(16)27/h6,9,11-12,19,25-26,28H,5,7-8,10,13H2,1-4H3,(H,24,27). The van der Waals surface area contributed by atoms with Crippen molar-refractivity contribution in [3.63, 3.8) is 0 Å². The monoisotopic (exact) mass is 401 g/mol. The maximum Gasteiger partial charge on any atom is 0.252 e. The van der Waals surface area contributed by atoms with Crippen molar-refractivity contribution in [3.8, 4) is 11.5 Å². The normalized spacial score (nSPS) is 22.0. The number of fused-ring (bicyclic) bond motifs is 3. The summed E-state index contributed by atoms with van der Waals surface area (Å²) in [6.07, 6.45) is 7.96. The van der Waals surface area contributed by atoms with Crippen LogP contribution in [0, 0.1) is 0 Å². The molecule has 6 nitrogen and oxygen atoms in total. The molecule has 1 amide bonds. The Bertz CT molecular complexity index is 865. The van der Waals surface area contributed by atoms with E-state index in [1.54, 1.807) is 13.8 Å². The highest BCUT2D eigenvalue weighted by Crippen LogP contribution is 2.43. The molecule has 2 unspecified atom stereocenters. The van der Waals surface area contributed by atoms with E-state index in [1.165, 1.54) is 6.07 Å². The van der Waals surface area contributed by atoms with Crippen LogP contribution >= 0.6 is 0 Å². The SMILES string of the molecule is CC(=CCCC1(C)C=Cc2c(O)cc3c(c2O1)CNC3=O)CCC(O)C(C)(C)O. The van der Waals surface area contributed by atoms with Crippen molar-refractivity contribution in [2.75, 3.05) is 0 Å². The summed E-state index contributed by atoms with van der Waals surface area (Å²) in [7, 11) is 0. The molecule has 158 valence electrons. The van der Waals surface area contributed by atoms with E-state index in [0.717, 1.165) is 30.4 Å². The molecule has 29 heavy (non-hydrogen) atoms. The van der Waals surface area contributed by atoms with Gasteiger partial charge in [0.1, 0.15) is 17.1 Å². The molecule has 0 saturated heterocycles. The molecule has 0 aromatic heterocycles. The number of aliphatic hydroxyl groups excluding tert-OH is 1. The smallest absolute Gasteiger partial charge is 0.252 e. The molecule has 2 aliphatic heterocycles. The second-order valence-electron chi connectivity index (χ2n) is 8.89. The van der Waals surface area contributed by atoms with Gasteiger partial charge in [0.15, 0.2) is 0 Å². The third-order valence-corrected chi connectivity index (χ3v) is 5.77. The van der Waals surface area contributed by atoms with Gasteiger partial charge in [-0.15, -0.1) is 0 Å². The van der Waals surface area contributed by atoms with E-state index in [2.05, 4.69) is 11.4 Å². The van der Waals surface area contributed by atoms with Gasteiger partial charge in [-0.05, 0) is 71.6 Å². The van der Waals surface area contributed by atoms with E-state index < -0.39 is 17.3 Å². The van der Waals surface area contributed by atoms with Crippen LogP contribution < -0.4 is 10.1 Å². The molecule has 3 rings (SSSR count). The molecule has 2 heterocycles. The molecule has 2 atom stereocenters. The van der Waals surface area contributed by atoms with E-state index in [-0.39, 0.29) is 11.7 Å². The van der Waals surface area contributed by atoms with Crippen molar-refractivity contribution in [1.82, 2.24) is 5.32 Å². The quantitative estimate of drug-likeness (QED) is 0.525. The molecule has 0 saturated carbocycles. The summed E-state index contributed by atoms with van der Waals surface area (Å²) < 4.78 is 6.27. The topological polar surface area (TPSA) is 99.0 Å². The lowest BCUT2D eigenvalue weighted by Crippen LogP contribution is -2.35. The molecule has 0 aliphatic carbocycles. The fourth-order valence-electron chi connectivity index (χ4n) is 3.71. The lowest BCUT2D eigenvalue weighted by Gasteiger charge is -2.33. The minimum atomic E-state index is -1.09. The first-order chi connectivity index (χ1) is 13.5. The molecule has 0 fully saturated rings. The Morgan fingerprint density at radius 3 is 2.86 bits per heavy atom. The fraction of sp³-hybridized carbons (Fsp3) is 0.522. The second-order valence-corrected chi connectivity index (χ2v) is 8.89. The second kappa shape index (κ2) is 7.84. The third-order valence-electron chi connectivity index (χ3n) is 5.77. The minimum Gasteiger partial charge on any atom is -0.507 e. The fourth-order valence-corrected chi connectivity index (χ4v) is 3.71. The van der Waals surface area contributed by atoms with Crippen molar-refractivity contribution >= 4 is 12.0 Å². The largest absolute Gasteiger partial charge is 0.507 e. The van der Waals surface area contributed by atoms with Gasteiger partial charge in [0.25, 0.3) is 5.91 Å². The summed E-state index contributed by atoms with van der Waals surface area (Å²) in [5.74, 6) is 0.442. The molecule has 0 radical (unpaired) electrons. The molecule has 0 bridgehead atoms. The molecule has 4 N–H and O–H groups in total. The van der Waals surface area contributed by atoms with Gasteiger partial charge in [0, 0.05) is 12.1 Å². The minimum absolute atomic E-state index is 0.0511. The molecule has 6 heteroatoms. The highest BCUT2D eigenvalue weighted by molar-refractivity contribution is 6.00. The van der Waals surface area contributed by atoms with Crippen LogP contribution in [-0.4, -0.2) is 38.5 Å². The van der Waals surface area contributed by atoms with Crippen LogP contribution in [0.1, 0.15) is 74.9 Å². The number of carbonyl (C=O) groups excluding carboxylic acids is 1. The van der Waals surface area contributed by atoms with Crippen LogP contribution in [0.5, 0.6) is 11.5 Å². The average Bonchev–Trinajstić information content (AvgIpc) is 2.99. The van der Waals surface area contributed by atoms with Gasteiger partial charge < -0.3 is 25.4 Å². The summed E-state index contributed by atoms with van der Waals surface area (Å²) in [5.41, 5.74) is 1.41. The number of benzene rings is 1. The first kappa shape index (κ1) is 21.4. The zero-order valence-electron chi connectivity index (χ0n) is 17.6. The highest BCUT2D eigenvalue weighted by atomic mass is 16.5. The Hall–Kier alpha value is -2.31. The predicted octanol–water partition coefficient (Wildman–Crippen LogP) is 3.44. The lowest BCUT2D eigenvalue weighted by atomic mass is 9.91. The van der Waals surface area contributed by atoms with Crippen molar-refractivity contribution < 1.29 is 24.9 Å². The van der Waals surface area contributed by atoms with E-state index in [9.17, 15) is 20.1 Å². The average molecular weight is 402 g/mol. The molecule has 1 aromatic rings. The summed E-state index contributed by atoms with van der Waals surface area (Å²) in [5, 5.41) is 32.8. The van der Waals surface area contributed by atoms with Gasteiger partial charge in [0.05, 0.1) is 22.8 Å². The maximum absolute atomic E-state index is 11.9. The highest BCUT2D eigenvalue weighted by Gasteiger charge is 2.34. The lowest BCUT2D eigenvalue weighted by molar-refractivity contribution is -0.0509. The van der Waals surface area contributed by atoms with Crippen LogP contribution in [0.2, 0.25) is 0 Å². The molecule has 1 aromatic carbocycles. The van der Waals surface area contributed by atoms with Crippen molar-refractivity contribution in [2.45, 2.75) is 77.2 Å². The Balaban J connectivity index is 1.64. The van der Waals surface area contributed by atoms with Crippen LogP contribution in [-0.2, 0) is 6.54 Å². The molecular formula is C23H31NO5. The Morgan fingerprint density at radius 2 is 2.17 bits per heavy atom. The van der Waals surface area contributed by atoms with Crippen LogP contribution in [0.25, 0.3) is 6.08 Å². The van der Waals surface area contributed by atoms with E-state index in [4.69, 9.17) is 4.74 Å². The zero-order chi connectivity index (χ0) is 21.4. The summed E-state index contributed by atoms with van der Waals surface area (Å²) in [6, 6.07) is 1.50. The number of allylic oxidation sites excluding steroid dienone is 2. The van der Waals surface area contributed by atoms with Gasteiger partial charge in [-0.2, -0.15) is 0 Å². The van der Waals surface area contributed by atoms with Gasteiger partial charge >= 0.3 is 0 Å². The van der Waals surface area contributed by atoms with Gasteiger partial charge in [-0.1, -0.05) is 11.6 Å². The van der Waals surface area contributed by atoms with Crippen LogP contribution in [0.3, 0.4) is 0 Å². The van der Waals surface area contributed by atoms with Gasteiger partial charge in [-0.25, -0.2) is 0 Å². The van der Waals surface area contributed by atoms with Gasteiger partial charge in [0.2, 0.25) is 0 Å². The van der Waals surface area contributed by atoms with Crippen molar-refractivity contribution in [3.05, 3.63) is 40.5 Å². The number of phenolic OH excluding ortho intramolecular Hbond substituents is 1. The van der Waals surface area contributed by atoms with E-state index in [0.29, 0.717) is 29.8 Å². The van der Waals surface area contributed by atoms with Gasteiger partial charge in [-0.3, -0.25) is 4.79 Å². The zero-order valence-corrected chi connectivity index (χ0v) is 17.6. The molecule has 0 spiro atoms. The number of phenols is 1. The van der Waals surface area contributed by atoms with Crippen LogP contribution in [0.15, 0.2) is 23.8 Å². The first-order valence-corrected chi connectivity index (χ1v) is 10.1. The molecule has 2 aliphatic rings. The Kier molecular flexibility index (Phi) is 5.79. The van der Waals surface area contributed by atoms with Crippen LogP contribution in [0.4, 0.5) is 0 Å². The number of aromatic hydroxyl groups is 1. The van der Waals surface area contributed by atoms with E-state index >= 15 is 0 Å². The number of hydrogen-bond donors (Lipinski definition) is 4. The van der Waals surface area contributed by atoms with Crippen molar-refractivity contribution in [1.29, 1.82) is 0 Å². The van der Waals surface area contributed by atoms with Crippen molar-refractivity contribution in [2.24, 2.45) is 0 Å². The Labute approximate surface area is 171 Å².